The first kappa shape index (κ1) is 14.4. The Labute approximate surface area is 134 Å². The van der Waals surface area contributed by atoms with E-state index >= 15 is 0 Å². The van der Waals surface area contributed by atoms with E-state index in [1.165, 1.54) is 11.1 Å². The fourth-order valence-electron chi connectivity index (χ4n) is 2.66. The number of hydrogen-bond donors (Lipinski definition) is 0. The topological polar surface area (TPSA) is 17.8 Å². The third-order valence-corrected chi connectivity index (χ3v) is 4.33. The lowest BCUT2D eigenvalue weighted by Crippen LogP contribution is -2.06. The molecule has 1 heterocycles. The van der Waals surface area contributed by atoms with E-state index in [-0.39, 0.29) is 0 Å². The fraction of sp³-hybridized carbons (Fsp3) is 0.235. The lowest BCUT2D eigenvalue weighted by molar-refractivity contribution is 0.686. The minimum Gasteiger partial charge on any atom is -0.325 e. The standard InChI is InChI=1S/C17H16Cl2N2/c1-12-5-2-3-6-13(12)9-10-21-16(11-18)20-15-8-4-7-14(19)17(15)21/h2-8H,9-11H2,1H3. The van der Waals surface area contributed by atoms with E-state index in [0.717, 1.165) is 34.8 Å². The van der Waals surface area contributed by atoms with Crippen molar-refractivity contribution in [2.45, 2.75) is 25.8 Å². The van der Waals surface area contributed by atoms with Gasteiger partial charge in [0.05, 0.1) is 21.9 Å². The maximum atomic E-state index is 6.34. The number of benzene rings is 2. The van der Waals surface area contributed by atoms with Crippen LogP contribution in [0.1, 0.15) is 17.0 Å². The Morgan fingerprint density at radius 2 is 1.90 bits per heavy atom. The van der Waals surface area contributed by atoms with Gasteiger partial charge in [-0.15, -0.1) is 11.6 Å². The Balaban J connectivity index is 1.98. The second kappa shape index (κ2) is 6.08. The van der Waals surface area contributed by atoms with Gasteiger partial charge in [0.15, 0.2) is 0 Å². The number of imidazole rings is 1. The Morgan fingerprint density at radius 1 is 1.10 bits per heavy atom. The Kier molecular flexibility index (Phi) is 4.18. The van der Waals surface area contributed by atoms with E-state index in [0.29, 0.717) is 5.88 Å². The van der Waals surface area contributed by atoms with Gasteiger partial charge in [0, 0.05) is 6.54 Å². The summed E-state index contributed by atoms with van der Waals surface area (Å²) in [6.45, 7) is 2.96. The molecule has 0 unspecified atom stereocenters. The minimum atomic E-state index is 0.388. The molecule has 0 aliphatic carbocycles. The first-order valence-electron chi connectivity index (χ1n) is 6.95. The number of hydrogen-bond acceptors (Lipinski definition) is 1. The third kappa shape index (κ3) is 2.78. The Bertz CT molecular complexity index is 778. The molecule has 108 valence electrons. The van der Waals surface area contributed by atoms with Gasteiger partial charge in [-0.2, -0.15) is 0 Å². The summed E-state index contributed by atoms with van der Waals surface area (Å²) in [5.41, 5.74) is 4.53. The van der Waals surface area contributed by atoms with Crippen LogP contribution in [0.4, 0.5) is 0 Å². The highest BCUT2D eigenvalue weighted by atomic mass is 35.5. The molecule has 2 nitrogen and oxygen atoms in total. The summed E-state index contributed by atoms with van der Waals surface area (Å²) in [6.07, 6.45) is 0.938. The molecular formula is C17H16Cl2N2. The Hall–Kier alpha value is -1.51. The largest absolute Gasteiger partial charge is 0.325 e. The van der Waals surface area contributed by atoms with E-state index in [2.05, 4.69) is 40.7 Å². The maximum absolute atomic E-state index is 6.34. The molecule has 3 aromatic rings. The molecular weight excluding hydrogens is 303 g/mol. The number of fused-ring (bicyclic) bond motifs is 1. The number of halogens is 2. The average molecular weight is 319 g/mol. The summed E-state index contributed by atoms with van der Waals surface area (Å²) >= 11 is 12.4. The number of alkyl halides is 1. The van der Waals surface area contributed by atoms with Gasteiger partial charge in [-0.1, -0.05) is 41.9 Å². The molecule has 0 aliphatic heterocycles. The van der Waals surface area contributed by atoms with Crippen molar-refractivity contribution < 1.29 is 0 Å². The molecule has 4 heteroatoms. The van der Waals surface area contributed by atoms with E-state index in [9.17, 15) is 0 Å². The van der Waals surface area contributed by atoms with Crippen LogP contribution in [-0.4, -0.2) is 9.55 Å². The monoisotopic (exact) mass is 318 g/mol. The second-order valence-corrected chi connectivity index (χ2v) is 5.77. The van der Waals surface area contributed by atoms with Crippen molar-refractivity contribution in [1.82, 2.24) is 9.55 Å². The smallest absolute Gasteiger partial charge is 0.124 e. The second-order valence-electron chi connectivity index (χ2n) is 5.10. The van der Waals surface area contributed by atoms with E-state index in [1.54, 1.807) is 0 Å². The van der Waals surface area contributed by atoms with Crippen LogP contribution in [-0.2, 0) is 18.8 Å². The van der Waals surface area contributed by atoms with Crippen LogP contribution in [0.25, 0.3) is 11.0 Å². The van der Waals surface area contributed by atoms with Gasteiger partial charge in [-0.05, 0) is 36.6 Å². The molecule has 0 atom stereocenters. The highest BCUT2D eigenvalue weighted by molar-refractivity contribution is 6.35. The van der Waals surface area contributed by atoms with Crippen molar-refractivity contribution in [3.8, 4) is 0 Å². The Morgan fingerprint density at radius 3 is 2.67 bits per heavy atom. The molecule has 1 aromatic heterocycles. The zero-order valence-electron chi connectivity index (χ0n) is 11.8. The molecule has 3 rings (SSSR count). The fourth-order valence-corrected chi connectivity index (χ4v) is 3.13. The van der Waals surface area contributed by atoms with E-state index < -0.39 is 0 Å². The highest BCUT2D eigenvalue weighted by Gasteiger charge is 2.12. The number of rotatable bonds is 4. The van der Waals surface area contributed by atoms with Gasteiger partial charge < -0.3 is 4.57 Å². The van der Waals surface area contributed by atoms with Gasteiger partial charge in [0.25, 0.3) is 0 Å². The van der Waals surface area contributed by atoms with Crippen molar-refractivity contribution in [1.29, 1.82) is 0 Å². The molecule has 0 spiro atoms. The summed E-state index contributed by atoms with van der Waals surface area (Å²) < 4.78 is 2.14. The summed E-state index contributed by atoms with van der Waals surface area (Å²) in [5, 5.41) is 0.723. The summed E-state index contributed by atoms with van der Waals surface area (Å²) in [7, 11) is 0. The SMILES string of the molecule is Cc1ccccc1CCn1c(CCl)nc2cccc(Cl)c21. The van der Waals surface area contributed by atoms with Crippen LogP contribution in [0, 0.1) is 6.92 Å². The summed E-state index contributed by atoms with van der Waals surface area (Å²) in [4.78, 5) is 4.57. The first-order valence-corrected chi connectivity index (χ1v) is 7.86. The third-order valence-electron chi connectivity index (χ3n) is 3.78. The van der Waals surface area contributed by atoms with Crippen molar-refractivity contribution in [2.24, 2.45) is 0 Å². The number of aryl methyl sites for hydroxylation is 3. The number of nitrogens with zero attached hydrogens (tertiary/aromatic N) is 2. The zero-order valence-corrected chi connectivity index (χ0v) is 13.3. The maximum Gasteiger partial charge on any atom is 0.124 e. The molecule has 21 heavy (non-hydrogen) atoms. The molecule has 0 bridgehead atoms. The summed E-state index contributed by atoms with van der Waals surface area (Å²) in [6, 6.07) is 14.2. The molecule has 0 saturated heterocycles. The first-order chi connectivity index (χ1) is 10.2. The highest BCUT2D eigenvalue weighted by Crippen LogP contribution is 2.26. The van der Waals surface area contributed by atoms with Crippen LogP contribution in [0.5, 0.6) is 0 Å². The van der Waals surface area contributed by atoms with Gasteiger partial charge in [-0.3, -0.25) is 0 Å². The van der Waals surface area contributed by atoms with Crippen molar-refractivity contribution in [2.75, 3.05) is 0 Å². The summed E-state index contributed by atoms with van der Waals surface area (Å²) in [5.74, 6) is 1.26. The molecule has 0 amide bonds. The molecule has 0 radical (unpaired) electrons. The van der Waals surface area contributed by atoms with Crippen LogP contribution in [0.3, 0.4) is 0 Å². The van der Waals surface area contributed by atoms with Crippen LogP contribution in [0.2, 0.25) is 5.02 Å². The van der Waals surface area contributed by atoms with Gasteiger partial charge in [-0.25, -0.2) is 4.98 Å². The number of aromatic nitrogens is 2. The van der Waals surface area contributed by atoms with Crippen molar-refractivity contribution in [3.63, 3.8) is 0 Å². The zero-order chi connectivity index (χ0) is 14.8. The van der Waals surface area contributed by atoms with Crippen LogP contribution >= 0.6 is 23.2 Å². The molecule has 0 aliphatic rings. The molecule has 2 aromatic carbocycles. The molecule has 0 saturated carbocycles. The average Bonchev–Trinajstić information content (AvgIpc) is 2.85. The quantitative estimate of drug-likeness (QED) is 0.620. The van der Waals surface area contributed by atoms with Crippen molar-refractivity contribution in [3.05, 3.63) is 64.4 Å². The predicted molar refractivity (Wildman–Crippen MR) is 89.2 cm³/mol. The van der Waals surface area contributed by atoms with Crippen molar-refractivity contribution >= 4 is 34.2 Å². The lowest BCUT2D eigenvalue weighted by Gasteiger charge is -2.10. The lowest BCUT2D eigenvalue weighted by atomic mass is 10.1. The van der Waals surface area contributed by atoms with Crippen LogP contribution < -0.4 is 0 Å². The van der Waals surface area contributed by atoms with Gasteiger partial charge in [0.2, 0.25) is 0 Å². The van der Waals surface area contributed by atoms with Gasteiger partial charge in [0.1, 0.15) is 5.82 Å². The van der Waals surface area contributed by atoms with Gasteiger partial charge >= 0.3 is 0 Å². The minimum absolute atomic E-state index is 0.388. The predicted octanol–water partition coefficient (Wildman–Crippen LogP) is 4.98. The normalized spacial score (nSPS) is 11.2. The molecule has 0 N–H and O–H groups in total. The van der Waals surface area contributed by atoms with Crippen LogP contribution in [0.15, 0.2) is 42.5 Å². The molecule has 0 fully saturated rings. The number of para-hydroxylation sites is 1. The van der Waals surface area contributed by atoms with E-state index in [1.807, 2.05) is 18.2 Å². The van der Waals surface area contributed by atoms with E-state index in [4.69, 9.17) is 23.2 Å².